The Kier molecular flexibility index (Phi) is 7.18. The maximum Gasteiger partial charge on any atom is 0.220 e. The van der Waals surface area contributed by atoms with Crippen LogP contribution in [0.4, 0.5) is 4.39 Å². The van der Waals surface area contributed by atoms with Crippen molar-refractivity contribution in [3.63, 3.8) is 0 Å². The fraction of sp³-hybridized carbons (Fsp3) is 0.435. The van der Waals surface area contributed by atoms with E-state index < -0.39 is 0 Å². The largest absolute Gasteiger partial charge is 0.354 e. The lowest BCUT2D eigenvalue weighted by Crippen LogP contribution is -2.48. The highest BCUT2D eigenvalue weighted by atomic mass is 19.1. The van der Waals surface area contributed by atoms with Crippen LogP contribution in [0.3, 0.4) is 0 Å². The first kappa shape index (κ1) is 20.5. The first-order valence-electron chi connectivity index (χ1n) is 10.0. The molecule has 1 unspecified atom stereocenters. The van der Waals surface area contributed by atoms with Crippen molar-refractivity contribution in [1.29, 1.82) is 0 Å². The van der Waals surface area contributed by atoms with E-state index in [2.05, 4.69) is 53.4 Å². The van der Waals surface area contributed by atoms with Crippen molar-refractivity contribution in [1.82, 2.24) is 15.1 Å². The van der Waals surface area contributed by atoms with Crippen molar-refractivity contribution >= 4 is 5.91 Å². The van der Waals surface area contributed by atoms with Crippen molar-refractivity contribution < 1.29 is 9.18 Å². The number of nitrogens with zero attached hydrogens (tertiary/aromatic N) is 2. The lowest BCUT2D eigenvalue weighted by molar-refractivity contribution is -0.121. The van der Waals surface area contributed by atoms with E-state index in [9.17, 15) is 9.18 Å². The normalized spacial score (nSPS) is 16.7. The van der Waals surface area contributed by atoms with Gasteiger partial charge in [0.2, 0.25) is 5.91 Å². The van der Waals surface area contributed by atoms with E-state index in [-0.39, 0.29) is 17.8 Å². The molecule has 2 aromatic carbocycles. The van der Waals surface area contributed by atoms with Crippen LogP contribution in [0.2, 0.25) is 0 Å². The molecule has 0 aromatic heterocycles. The van der Waals surface area contributed by atoms with Gasteiger partial charge in [-0.05, 0) is 43.7 Å². The van der Waals surface area contributed by atoms with Crippen LogP contribution in [0.25, 0.3) is 0 Å². The Morgan fingerprint density at radius 3 is 2.50 bits per heavy atom. The highest BCUT2D eigenvalue weighted by Crippen LogP contribution is 2.22. The summed E-state index contributed by atoms with van der Waals surface area (Å²) in [4.78, 5) is 17.2. The SMILES string of the molecule is Cc1ccc(C(CNC(=O)CCc2cccc(F)c2)N2CCN(C)CC2)cc1. The molecule has 150 valence electrons. The number of likely N-dealkylation sites (N-methyl/N-ethyl adjacent to an activating group) is 1. The van der Waals surface area contributed by atoms with Crippen LogP contribution in [0.15, 0.2) is 48.5 Å². The minimum absolute atomic E-state index is 0.00972. The van der Waals surface area contributed by atoms with Gasteiger partial charge in [-0.25, -0.2) is 4.39 Å². The molecule has 1 N–H and O–H groups in total. The quantitative estimate of drug-likeness (QED) is 0.798. The fourth-order valence-corrected chi connectivity index (χ4v) is 3.63. The molecule has 1 saturated heterocycles. The monoisotopic (exact) mass is 383 g/mol. The zero-order valence-electron chi connectivity index (χ0n) is 16.8. The van der Waals surface area contributed by atoms with Crippen LogP contribution in [0, 0.1) is 12.7 Å². The first-order valence-corrected chi connectivity index (χ1v) is 10.0. The van der Waals surface area contributed by atoms with E-state index in [1.807, 2.05) is 6.07 Å². The number of carbonyl (C=O) groups is 1. The molecule has 0 saturated carbocycles. The summed E-state index contributed by atoms with van der Waals surface area (Å²) in [6.45, 7) is 6.74. The van der Waals surface area contributed by atoms with Crippen molar-refractivity contribution in [3.05, 3.63) is 71.0 Å². The Morgan fingerprint density at radius 2 is 1.82 bits per heavy atom. The van der Waals surface area contributed by atoms with E-state index >= 15 is 0 Å². The molecule has 1 atom stereocenters. The van der Waals surface area contributed by atoms with Crippen molar-refractivity contribution in [2.45, 2.75) is 25.8 Å². The van der Waals surface area contributed by atoms with E-state index in [1.54, 1.807) is 6.07 Å². The molecule has 5 heteroatoms. The average Bonchev–Trinajstić information content (AvgIpc) is 2.69. The van der Waals surface area contributed by atoms with Gasteiger partial charge < -0.3 is 10.2 Å². The highest BCUT2D eigenvalue weighted by molar-refractivity contribution is 5.76. The zero-order valence-corrected chi connectivity index (χ0v) is 16.8. The number of hydrogen-bond donors (Lipinski definition) is 1. The van der Waals surface area contributed by atoms with Gasteiger partial charge in [-0.1, -0.05) is 42.0 Å². The maximum atomic E-state index is 13.3. The van der Waals surface area contributed by atoms with E-state index in [4.69, 9.17) is 0 Å². The molecule has 0 aliphatic carbocycles. The molecule has 4 nitrogen and oxygen atoms in total. The Balaban J connectivity index is 1.59. The van der Waals surface area contributed by atoms with E-state index in [1.165, 1.54) is 23.3 Å². The summed E-state index contributed by atoms with van der Waals surface area (Å²) in [7, 11) is 2.15. The summed E-state index contributed by atoms with van der Waals surface area (Å²) in [6, 6.07) is 15.2. The van der Waals surface area contributed by atoms with Gasteiger partial charge in [0, 0.05) is 39.1 Å². The molecule has 0 bridgehead atoms. The van der Waals surface area contributed by atoms with E-state index in [0.29, 0.717) is 19.4 Å². The van der Waals surface area contributed by atoms with Crippen LogP contribution in [0.1, 0.15) is 29.2 Å². The Labute approximate surface area is 167 Å². The number of piperazine rings is 1. The van der Waals surface area contributed by atoms with Crippen molar-refractivity contribution in [3.8, 4) is 0 Å². The lowest BCUT2D eigenvalue weighted by atomic mass is 10.0. The number of carbonyl (C=O) groups excluding carboxylic acids is 1. The topological polar surface area (TPSA) is 35.6 Å². The van der Waals surface area contributed by atoms with Gasteiger partial charge in [-0.3, -0.25) is 9.69 Å². The number of rotatable bonds is 7. The summed E-state index contributed by atoms with van der Waals surface area (Å²) in [5, 5.41) is 3.10. The number of amides is 1. The molecule has 3 rings (SSSR count). The number of aryl methyl sites for hydroxylation is 2. The summed E-state index contributed by atoms with van der Waals surface area (Å²) >= 11 is 0. The van der Waals surface area contributed by atoms with Gasteiger partial charge in [0.05, 0.1) is 6.04 Å². The highest BCUT2D eigenvalue weighted by Gasteiger charge is 2.24. The minimum Gasteiger partial charge on any atom is -0.354 e. The second-order valence-corrected chi connectivity index (χ2v) is 7.70. The molecule has 1 fully saturated rings. The lowest BCUT2D eigenvalue weighted by Gasteiger charge is -2.38. The van der Waals surface area contributed by atoms with Crippen LogP contribution >= 0.6 is 0 Å². The molecule has 28 heavy (non-hydrogen) atoms. The number of halogens is 1. The molecule has 0 radical (unpaired) electrons. The number of benzene rings is 2. The summed E-state index contributed by atoms with van der Waals surface area (Å²) in [5.74, 6) is -0.247. The Hall–Kier alpha value is -2.24. The van der Waals surface area contributed by atoms with Crippen LogP contribution in [-0.4, -0.2) is 55.5 Å². The zero-order chi connectivity index (χ0) is 19.9. The standard InChI is InChI=1S/C23H30FN3O/c1-18-6-9-20(10-7-18)22(27-14-12-26(2)13-15-27)17-25-23(28)11-8-19-4-3-5-21(24)16-19/h3-7,9-10,16,22H,8,11-15,17H2,1-2H3,(H,25,28). The van der Waals surface area contributed by atoms with Crippen molar-refractivity contribution in [2.24, 2.45) is 0 Å². The molecule has 1 amide bonds. The third kappa shape index (κ3) is 5.88. The summed E-state index contributed by atoms with van der Waals surface area (Å²) in [5.41, 5.74) is 3.32. The molecular weight excluding hydrogens is 353 g/mol. The second kappa shape index (κ2) is 9.80. The third-order valence-corrected chi connectivity index (χ3v) is 5.46. The minimum atomic E-state index is -0.257. The molecule has 2 aromatic rings. The molecule has 1 aliphatic rings. The van der Waals surface area contributed by atoms with Gasteiger partial charge in [0.15, 0.2) is 0 Å². The smallest absolute Gasteiger partial charge is 0.220 e. The second-order valence-electron chi connectivity index (χ2n) is 7.70. The molecule has 1 aliphatic heterocycles. The first-order chi connectivity index (χ1) is 13.5. The van der Waals surface area contributed by atoms with Gasteiger partial charge in [0.1, 0.15) is 5.82 Å². The summed E-state index contributed by atoms with van der Waals surface area (Å²) in [6.07, 6.45) is 0.917. The fourth-order valence-electron chi connectivity index (χ4n) is 3.63. The van der Waals surface area contributed by atoms with Crippen LogP contribution in [0.5, 0.6) is 0 Å². The average molecular weight is 384 g/mol. The Bertz CT molecular complexity index is 770. The molecule has 0 spiro atoms. The Morgan fingerprint density at radius 1 is 1.11 bits per heavy atom. The maximum absolute atomic E-state index is 13.3. The van der Waals surface area contributed by atoms with Gasteiger partial charge >= 0.3 is 0 Å². The van der Waals surface area contributed by atoms with Gasteiger partial charge in [-0.2, -0.15) is 0 Å². The van der Waals surface area contributed by atoms with Crippen LogP contribution in [-0.2, 0) is 11.2 Å². The number of hydrogen-bond acceptors (Lipinski definition) is 3. The third-order valence-electron chi connectivity index (χ3n) is 5.46. The summed E-state index contributed by atoms with van der Waals surface area (Å²) < 4.78 is 13.3. The molecular formula is C23H30FN3O. The van der Waals surface area contributed by atoms with Gasteiger partial charge in [0.25, 0.3) is 0 Å². The van der Waals surface area contributed by atoms with E-state index in [0.717, 1.165) is 31.7 Å². The van der Waals surface area contributed by atoms with Crippen molar-refractivity contribution in [2.75, 3.05) is 39.8 Å². The molecule has 1 heterocycles. The predicted molar refractivity (Wildman–Crippen MR) is 111 cm³/mol. The van der Waals surface area contributed by atoms with Crippen LogP contribution < -0.4 is 5.32 Å². The predicted octanol–water partition coefficient (Wildman–Crippen LogP) is 3.17. The van der Waals surface area contributed by atoms with Gasteiger partial charge in [-0.15, -0.1) is 0 Å². The number of nitrogens with one attached hydrogen (secondary N) is 1.